The number of nitrogens with zero attached hydrogens (tertiary/aromatic N) is 3. The molecule has 0 aromatic carbocycles. The standard InChI is InChI=1S/C20H24BrN5O/c21-19-11-24-20-18(23-10-14-4-3-7-22-9-14)8-16(12-26(19)20)25-17-6-2-1-5-15(17)13-27/h3-4,7-9,11-12,15,17,23,25,27H,1-2,5-6,10,13H2/t15?,17-/m0/s1. The van der Waals surface area contributed by atoms with Crippen LogP contribution >= 0.6 is 15.9 Å². The Kier molecular flexibility index (Phi) is 5.59. The number of fused-ring (bicyclic) bond motifs is 1. The number of halogens is 1. The van der Waals surface area contributed by atoms with Crippen LogP contribution in [0, 0.1) is 5.92 Å². The fraction of sp³-hybridized carbons (Fsp3) is 0.400. The van der Waals surface area contributed by atoms with E-state index in [1.807, 2.05) is 22.9 Å². The van der Waals surface area contributed by atoms with E-state index in [0.29, 0.717) is 18.5 Å². The topological polar surface area (TPSA) is 74.5 Å². The SMILES string of the molecule is OCC1CCCC[C@@H]1Nc1cc(NCc2cccnc2)c2ncc(Br)n2c1. The van der Waals surface area contributed by atoms with E-state index >= 15 is 0 Å². The lowest BCUT2D eigenvalue weighted by molar-refractivity contribution is 0.178. The Morgan fingerprint density at radius 2 is 2.15 bits per heavy atom. The highest BCUT2D eigenvalue weighted by Gasteiger charge is 2.24. The van der Waals surface area contributed by atoms with Crippen molar-refractivity contribution in [3.63, 3.8) is 0 Å². The molecule has 3 heterocycles. The van der Waals surface area contributed by atoms with Gasteiger partial charge in [-0.2, -0.15) is 0 Å². The highest BCUT2D eigenvalue weighted by atomic mass is 79.9. The quantitative estimate of drug-likeness (QED) is 0.550. The van der Waals surface area contributed by atoms with Crippen LogP contribution in [0.3, 0.4) is 0 Å². The number of anilines is 2. The zero-order chi connectivity index (χ0) is 18.6. The zero-order valence-corrected chi connectivity index (χ0v) is 16.7. The van der Waals surface area contributed by atoms with Crippen molar-refractivity contribution in [2.75, 3.05) is 17.2 Å². The van der Waals surface area contributed by atoms with Crippen molar-refractivity contribution in [2.24, 2.45) is 5.92 Å². The van der Waals surface area contributed by atoms with Crippen LogP contribution in [0.5, 0.6) is 0 Å². The third-order valence-corrected chi connectivity index (χ3v) is 5.85. The molecule has 3 aromatic rings. The van der Waals surface area contributed by atoms with Gasteiger partial charge in [-0.3, -0.25) is 9.38 Å². The molecule has 1 unspecified atom stereocenters. The lowest BCUT2D eigenvalue weighted by atomic mass is 9.85. The Morgan fingerprint density at radius 3 is 2.96 bits per heavy atom. The number of imidazole rings is 1. The van der Waals surface area contributed by atoms with E-state index in [9.17, 15) is 5.11 Å². The van der Waals surface area contributed by atoms with Crippen LogP contribution in [-0.4, -0.2) is 32.1 Å². The number of hydrogen-bond acceptors (Lipinski definition) is 5. The molecule has 1 fully saturated rings. The minimum Gasteiger partial charge on any atom is -0.396 e. The predicted octanol–water partition coefficient (Wildman–Crippen LogP) is 4.07. The molecule has 0 radical (unpaired) electrons. The van der Waals surface area contributed by atoms with Crippen LogP contribution in [0.2, 0.25) is 0 Å². The molecule has 0 amide bonds. The van der Waals surface area contributed by atoms with Crippen molar-refractivity contribution in [2.45, 2.75) is 38.3 Å². The van der Waals surface area contributed by atoms with Gasteiger partial charge in [-0.05, 0) is 46.5 Å². The summed E-state index contributed by atoms with van der Waals surface area (Å²) in [4.78, 5) is 8.69. The molecular weight excluding hydrogens is 406 g/mol. The molecule has 3 N–H and O–H groups in total. The number of hydrogen-bond donors (Lipinski definition) is 3. The molecule has 1 saturated carbocycles. The van der Waals surface area contributed by atoms with Gasteiger partial charge in [-0.25, -0.2) is 4.98 Å². The molecule has 0 bridgehead atoms. The molecule has 142 valence electrons. The maximum atomic E-state index is 9.71. The summed E-state index contributed by atoms with van der Waals surface area (Å²) in [5.74, 6) is 0.312. The average Bonchev–Trinajstić information content (AvgIpc) is 3.08. The first-order chi connectivity index (χ1) is 13.2. The average molecular weight is 430 g/mol. The van der Waals surface area contributed by atoms with Gasteiger partial charge >= 0.3 is 0 Å². The number of aliphatic hydroxyl groups excluding tert-OH is 1. The van der Waals surface area contributed by atoms with Crippen LogP contribution in [0.15, 0.2) is 47.6 Å². The molecule has 0 aliphatic heterocycles. The summed E-state index contributed by atoms with van der Waals surface area (Å²) >= 11 is 3.58. The third-order valence-electron chi connectivity index (χ3n) is 5.26. The summed E-state index contributed by atoms with van der Waals surface area (Å²) < 4.78 is 2.94. The molecule has 2 atom stereocenters. The Hall–Kier alpha value is -2.12. The van der Waals surface area contributed by atoms with Crippen LogP contribution in [0.25, 0.3) is 5.65 Å². The third kappa shape index (κ3) is 4.09. The Labute approximate surface area is 167 Å². The van der Waals surface area contributed by atoms with Crippen molar-refractivity contribution in [1.29, 1.82) is 0 Å². The zero-order valence-electron chi connectivity index (χ0n) is 15.1. The van der Waals surface area contributed by atoms with Gasteiger partial charge in [0, 0.05) is 43.7 Å². The molecule has 7 heteroatoms. The van der Waals surface area contributed by atoms with Crippen molar-refractivity contribution < 1.29 is 5.11 Å². The Bertz CT molecular complexity index is 898. The normalized spacial score (nSPS) is 19.9. The summed E-state index contributed by atoms with van der Waals surface area (Å²) in [5, 5.41) is 16.8. The number of nitrogens with one attached hydrogen (secondary N) is 2. The number of aliphatic hydroxyl groups is 1. The molecule has 0 spiro atoms. The van der Waals surface area contributed by atoms with Crippen molar-refractivity contribution >= 4 is 33.0 Å². The lowest BCUT2D eigenvalue weighted by Gasteiger charge is -2.31. The molecule has 6 nitrogen and oxygen atoms in total. The number of rotatable bonds is 6. The maximum Gasteiger partial charge on any atom is 0.161 e. The first-order valence-corrected chi connectivity index (χ1v) is 10.2. The fourth-order valence-corrected chi connectivity index (χ4v) is 4.17. The Balaban J connectivity index is 1.60. The van der Waals surface area contributed by atoms with Crippen molar-refractivity contribution in [3.8, 4) is 0 Å². The second-order valence-corrected chi connectivity index (χ2v) is 7.92. The van der Waals surface area contributed by atoms with Crippen LogP contribution in [0.4, 0.5) is 11.4 Å². The van der Waals surface area contributed by atoms with Gasteiger partial charge in [-0.1, -0.05) is 18.9 Å². The van der Waals surface area contributed by atoms with Crippen molar-refractivity contribution in [3.05, 3.63) is 53.2 Å². The maximum absolute atomic E-state index is 9.71. The van der Waals surface area contributed by atoms with Gasteiger partial charge in [0.25, 0.3) is 0 Å². The van der Waals surface area contributed by atoms with E-state index in [0.717, 1.165) is 40.0 Å². The van der Waals surface area contributed by atoms with Gasteiger partial charge < -0.3 is 15.7 Å². The van der Waals surface area contributed by atoms with Gasteiger partial charge in [0.15, 0.2) is 5.65 Å². The minimum atomic E-state index is 0.237. The smallest absolute Gasteiger partial charge is 0.161 e. The number of aromatic nitrogens is 3. The monoisotopic (exact) mass is 429 g/mol. The van der Waals surface area contributed by atoms with Gasteiger partial charge in [-0.15, -0.1) is 0 Å². The second kappa shape index (κ2) is 8.27. The molecule has 27 heavy (non-hydrogen) atoms. The molecule has 1 aliphatic rings. The first kappa shape index (κ1) is 18.3. The number of pyridine rings is 2. The minimum absolute atomic E-state index is 0.237. The Morgan fingerprint density at radius 1 is 1.26 bits per heavy atom. The summed E-state index contributed by atoms with van der Waals surface area (Å²) in [6, 6.07) is 6.40. The molecule has 0 saturated heterocycles. The van der Waals surface area contributed by atoms with Crippen LogP contribution in [0.1, 0.15) is 31.2 Å². The van der Waals surface area contributed by atoms with Gasteiger partial charge in [0.1, 0.15) is 4.60 Å². The molecule has 1 aliphatic carbocycles. The van der Waals surface area contributed by atoms with E-state index in [-0.39, 0.29) is 6.61 Å². The first-order valence-electron chi connectivity index (χ1n) is 9.41. The van der Waals surface area contributed by atoms with E-state index in [1.165, 1.54) is 12.8 Å². The van der Waals surface area contributed by atoms with E-state index in [4.69, 9.17) is 0 Å². The predicted molar refractivity (Wildman–Crippen MR) is 111 cm³/mol. The van der Waals surface area contributed by atoms with E-state index < -0.39 is 0 Å². The van der Waals surface area contributed by atoms with Crippen molar-refractivity contribution in [1.82, 2.24) is 14.4 Å². The van der Waals surface area contributed by atoms with Crippen LogP contribution in [-0.2, 0) is 6.54 Å². The summed E-state index contributed by atoms with van der Waals surface area (Å²) in [5.41, 5.74) is 3.98. The van der Waals surface area contributed by atoms with Gasteiger partial charge in [0.05, 0.1) is 17.6 Å². The molecule has 3 aromatic heterocycles. The fourth-order valence-electron chi connectivity index (χ4n) is 3.80. The summed E-state index contributed by atoms with van der Waals surface area (Å²) in [7, 11) is 0. The lowest BCUT2D eigenvalue weighted by Crippen LogP contribution is -2.34. The second-order valence-electron chi connectivity index (χ2n) is 7.11. The molecule has 4 rings (SSSR count). The highest BCUT2D eigenvalue weighted by molar-refractivity contribution is 9.10. The summed E-state index contributed by atoms with van der Waals surface area (Å²) in [6.45, 7) is 0.918. The highest BCUT2D eigenvalue weighted by Crippen LogP contribution is 2.30. The summed E-state index contributed by atoms with van der Waals surface area (Å²) in [6.07, 6.45) is 12.1. The van der Waals surface area contributed by atoms with Gasteiger partial charge in [0.2, 0.25) is 0 Å². The van der Waals surface area contributed by atoms with E-state index in [2.05, 4.69) is 54.9 Å². The molecular formula is C20H24BrN5O. The largest absolute Gasteiger partial charge is 0.396 e. The van der Waals surface area contributed by atoms with Crippen LogP contribution < -0.4 is 10.6 Å². The van der Waals surface area contributed by atoms with E-state index in [1.54, 1.807) is 6.20 Å².